The number of nitro groups is 1. The van der Waals surface area contributed by atoms with Gasteiger partial charge in [-0.05, 0) is 11.3 Å². The molecular weight excluding hydrogens is 250 g/mol. The van der Waals surface area contributed by atoms with Crippen molar-refractivity contribution in [3.05, 3.63) is 16.3 Å². The maximum Gasteiger partial charge on any atom is 0.345 e. The van der Waals surface area contributed by atoms with Crippen LogP contribution in [0.25, 0.3) is 0 Å². The van der Waals surface area contributed by atoms with E-state index in [1.807, 2.05) is 0 Å². The molecule has 1 saturated heterocycles. The fourth-order valence-electron chi connectivity index (χ4n) is 1.46. The molecular formula is C8H9N3O5S. The number of aliphatic carboxylic acids is 1. The summed E-state index contributed by atoms with van der Waals surface area (Å²) >= 11 is 0.929. The highest BCUT2D eigenvalue weighted by Crippen LogP contribution is 2.29. The lowest BCUT2D eigenvalue weighted by Crippen LogP contribution is -2.46. The Labute approximate surface area is 99.6 Å². The highest BCUT2D eigenvalue weighted by atomic mass is 32.1. The average molecular weight is 259 g/mol. The van der Waals surface area contributed by atoms with Gasteiger partial charge in [-0.1, -0.05) is 0 Å². The first kappa shape index (κ1) is 11.7. The van der Waals surface area contributed by atoms with Crippen molar-refractivity contribution < 1.29 is 19.6 Å². The first-order valence-corrected chi connectivity index (χ1v) is 5.59. The molecule has 0 aliphatic carbocycles. The molecule has 1 aromatic rings. The number of hydrogen-bond acceptors (Lipinski definition) is 7. The zero-order valence-corrected chi connectivity index (χ0v) is 9.42. The molecule has 1 unspecified atom stereocenters. The number of hydrogen-bond donors (Lipinski definition) is 1. The summed E-state index contributed by atoms with van der Waals surface area (Å²) in [7, 11) is 0. The molecule has 17 heavy (non-hydrogen) atoms. The van der Waals surface area contributed by atoms with Crippen LogP contribution >= 0.6 is 11.3 Å². The predicted octanol–water partition coefficient (Wildman–Crippen LogP) is 0.341. The number of nitrogens with zero attached hydrogens (tertiary/aromatic N) is 3. The molecule has 92 valence electrons. The van der Waals surface area contributed by atoms with E-state index in [4.69, 9.17) is 9.84 Å². The van der Waals surface area contributed by atoms with Gasteiger partial charge in [-0.2, -0.15) is 0 Å². The second kappa shape index (κ2) is 4.63. The van der Waals surface area contributed by atoms with E-state index in [1.54, 1.807) is 4.90 Å². The largest absolute Gasteiger partial charge is 0.479 e. The second-order valence-electron chi connectivity index (χ2n) is 3.38. The highest BCUT2D eigenvalue weighted by molar-refractivity contribution is 7.18. The standard InChI is InChI=1S/C8H9N3O5S/c12-7(13)5-4-10(1-2-16-5)8-9-3-6(17-8)11(14)15/h3,5H,1-2,4H2,(H,12,13). The lowest BCUT2D eigenvalue weighted by Gasteiger charge is -2.30. The Kier molecular flexibility index (Phi) is 3.20. The Balaban J connectivity index is 2.10. The summed E-state index contributed by atoms with van der Waals surface area (Å²) in [4.78, 5) is 26.3. The molecule has 9 heteroatoms. The van der Waals surface area contributed by atoms with Crippen molar-refractivity contribution in [1.29, 1.82) is 0 Å². The number of morpholine rings is 1. The van der Waals surface area contributed by atoms with Gasteiger partial charge in [-0.25, -0.2) is 9.78 Å². The highest BCUT2D eigenvalue weighted by Gasteiger charge is 2.28. The number of aromatic nitrogens is 1. The van der Waals surface area contributed by atoms with E-state index in [0.717, 1.165) is 11.3 Å². The molecule has 0 radical (unpaired) electrons. The zero-order chi connectivity index (χ0) is 12.4. The number of thiazole rings is 1. The molecule has 0 bridgehead atoms. The van der Waals surface area contributed by atoms with Gasteiger partial charge in [0.15, 0.2) is 11.2 Å². The molecule has 1 N–H and O–H groups in total. The number of ether oxygens (including phenoxy) is 1. The third-order valence-corrected chi connectivity index (χ3v) is 3.28. The number of carboxylic acid groups (broad SMARTS) is 1. The molecule has 8 nitrogen and oxygen atoms in total. The van der Waals surface area contributed by atoms with Crippen molar-refractivity contribution in [3.8, 4) is 0 Å². The van der Waals surface area contributed by atoms with Gasteiger partial charge in [0.2, 0.25) is 0 Å². The minimum Gasteiger partial charge on any atom is -0.479 e. The number of anilines is 1. The molecule has 1 atom stereocenters. The van der Waals surface area contributed by atoms with Crippen molar-refractivity contribution in [1.82, 2.24) is 4.98 Å². The Morgan fingerprint density at radius 1 is 1.76 bits per heavy atom. The van der Waals surface area contributed by atoms with Crippen LogP contribution in [0.3, 0.4) is 0 Å². The van der Waals surface area contributed by atoms with Crippen LogP contribution in [0, 0.1) is 10.1 Å². The topological polar surface area (TPSA) is 106 Å². The van der Waals surface area contributed by atoms with Crippen LogP contribution in [-0.4, -0.2) is 46.8 Å². The van der Waals surface area contributed by atoms with Crippen LogP contribution in [0.4, 0.5) is 10.1 Å². The lowest BCUT2D eigenvalue weighted by atomic mass is 10.3. The molecule has 2 rings (SSSR count). The lowest BCUT2D eigenvalue weighted by molar-refractivity contribution is -0.380. The minimum absolute atomic E-state index is 0.0571. The summed E-state index contributed by atoms with van der Waals surface area (Å²) < 4.78 is 5.05. The van der Waals surface area contributed by atoms with Gasteiger partial charge in [0, 0.05) is 6.54 Å². The SMILES string of the molecule is O=C(O)C1CN(c2ncc([N+](=O)[O-])s2)CCO1. The monoisotopic (exact) mass is 259 g/mol. The van der Waals surface area contributed by atoms with E-state index in [1.165, 1.54) is 6.20 Å². The quantitative estimate of drug-likeness (QED) is 0.616. The van der Waals surface area contributed by atoms with E-state index in [-0.39, 0.29) is 18.2 Å². The van der Waals surface area contributed by atoms with Gasteiger partial charge < -0.3 is 14.7 Å². The maximum absolute atomic E-state index is 10.8. The van der Waals surface area contributed by atoms with E-state index >= 15 is 0 Å². The molecule has 0 amide bonds. The van der Waals surface area contributed by atoms with Crippen molar-refractivity contribution in [2.24, 2.45) is 0 Å². The van der Waals surface area contributed by atoms with Crippen LogP contribution in [-0.2, 0) is 9.53 Å². The maximum atomic E-state index is 10.8. The first-order valence-electron chi connectivity index (χ1n) is 4.77. The third kappa shape index (κ3) is 2.50. The molecule has 1 fully saturated rings. The summed E-state index contributed by atoms with van der Waals surface area (Å²) in [6, 6.07) is 0. The van der Waals surface area contributed by atoms with Gasteiger partial charge in [0.1, 0.15) is 6.20 Å². The Morgan fingerprint density at radius 2 is 2.53 bits per heavy atom. The van der Waals surface area contributed by atoms with Gasteiger partial charge in [-0.15, -0.1) is 0 Å². The van der Waals surface area contributed by atoms with Gasteiger partial charge >= 0.3 is 11.0 Å². The second-order valence-corrected chi connectivity index (χ2v) is 4.37. The van der Waals surface area contributed by atoms with E-state index < -0.39 is 17.0 Å². The predicted molar refractivity (Wildman–Crippen MR) is 58.4 cm³/mol. The van der Waals surface area contributed by atoms with Crippen LogP contribution in [0.15, 0.2) is 6.20 Å². The molecule has 0 saturated carbocycles. The summed E-state index contributed by atoms with van der Waals surface area (Å²) in [5.41, 5.74) is 0. The van der Waals surface area contributed by atoms with E-state index in [0.29, 0.717) is 11.7 Å². The smallest absolute Gasteiger partial charge is 0.345 e. The minimum atomic E-state index is -1.04. The van der Waals surface area contributed by atoms with Gasteiger partial charge in [0.05, 0.1) is 18.1 Å². The number of rotatable bonds is 3. The fraction of sp³-hybridized carbons (Fsp3) is 0.500. The van der Waals surface area contributed by atoms with Crippen LogP contribution in [0.1, 0.15) is 0 Å². The molecule has 2 heterocycles. The number of carboxylic acids is 1. The fourth-order valence-corrected chi connectivity index (χ4v) is 2.23. The Morgan fingerprint density at radius 3 is 3.12 bits per heavy atom. The van der Waals surface area contributed by atoms with Crippen molar-refractivity contribution in [2.45, 2.75) is 6.10 Å². The zero-order valence-electron chi connectivity index (χ0n) is 8.61. The van der Waals surface area contributed by atoms with Crippen LogP contribution in [0.2, 0.25) is 0 Å². The van der Waals surface area contributed by atoms with E-state index in [9.17, 15) is 14.9 Å². The first-order chi connectivity index (χ1) is 8.08. The Bertz CT molecular complexity index is 448. The molecule has 1 aliphatic heterocycles. The van der Waals surface area contributed by atoms with E-state index in [2.05, 4.69) is 4.98 Å². The van der Waals surface area contributed by atoms with Crippen molar-refractivity contribution in [3.63, 3.8) is 0 Å². The molecule has 1 aliphatic rings. The van der Waals surface area contributed by atoms with Crippen molar-refractivity contribution >= 4 is 27.4 Å². The molecule has 1 aromatic heterocycles. The normalized spacial score (nSPS) is 20.2. The third-order valence-electron chi connectivity index (χ3n) is 2.27. The number of carbonyl (C=O) groups is 1. The summed E-state index contributed by atoms with van der Waals surface area (Å²) in [6.07, 6.45) is 0.261. The molecule has 0 spiro atoms. The van der Waals surface area contributed by atoms with Crippen molar-refractivity contribution in [2.75, 3.05) is 24.6 Å². The van der Waals surface area contributed by atoms with Gasteiger partial charge in [-0.3, -0.25) is 10.1 Å². The molecule has 0 aromatic carbocycles. The van der Waals surface area contributed by atoms with Crippen LogP contribution < -0.4 is 4.90 Å². The summed E-state index contributed by atoms with van der Waals surface area (Å²) in [5, 5.41) is 19.7. The summed E-state index contributed by atoms with van der Waals surface area (Å²) in [6.45, 7) is 0.902. The van der Waals surface area contributed by atoms with Crippen LogP contribution in [0.5, 0.6) is 0 Å². The van der Waals surface area contributed by atoms with Gasteiger partial charge in [0.25, 0.3) is 0 Å². The Hall–Kier alpha value is -1.74. The summed E-state index contributed by atoms with van der Waals surface area (Å²) in [5.74, 6) is -1.04. The average Bonchev–Trinajstić information content (AvgIpc) is 2.78.